The highest BCUT2D eigenvalue weighted by Gasteiger charge is 2.22. The van der Waals surface area contributed by atoms with Gasteiger partial charge in [0.1, 0.15) is 11.3 Å². The monoisotopic (exact) mass is 537 g/mol. The fourth-order valence-electron chi connectivity index (χ4n) is 4.36. The number of thiazole rings is 1. The van der Waals surface area contributed by atoms with Crippen LogP contribution >= 0.6 is 11.3 Å². The third-order valence-corrected chi connectivity index (χ3v) is 7.52. The number of aromatic amines is 1. The Bertz CT molecular complexity index is 1800. The summed E-state index contributed by atoms with van der Waals surface area (Å²) in [6.07, 6.45) is 5.09. The predicted octanol–water partition coefficient (Wildman–Crippen LogP) is 3.36. The van der Waals surface area contributed by atoms with Crippen molar-refractivity contribution in [2.45, 2.75) is 31.7 Å². The molecular weight excluding hydrogens is 514 g/mol. The van der Waals surface area contributed by atoms with Crippen LogP contribution in [0.2, 0.25) is 0 Å². The van der Waals surface area contributed by atoms with E-state index in [1.165, 1.54) is 30.0 Å². The van der Waals surface area contributed by atoms with Gasteiger partial charge in [0.05, 0.1) is 25.0 Å². The molecule has 1 aliphatic rings. The first-order chi connectivity index (χ1) is 19.1. The molecule has 0 amide bonds. The van der Waals surface area contributed by atoms with Crippen LogP contribution in [0.15, 0.2) is 69.7 Å². The van der Waals surface area contributed by atoms with Crippen LogP contribution in [0.1, 0.15) is 47.0 Å². The van der Waals surface area contributed by atoms with Gasteiger partial charge in [0, 0.05) is 23.1 Å². The van der Waals surface area contributed by atoms with Gasteiger partial charge in [-0.25, -0.2) is 9.78 Å². The van der Waals surface area contributed by atoms with Crippen molar-refractivity contribution in [1.82, 2.24) is 34.7 Å². The minimum atomic E-state index is -0.518. The highest BCUT2D eigenvalue weighted by molar-refractivity contribution is 7.10. The average molecular weight is 538 g/mol. The van der Waals surface area contributed by atoms with E-state index in [0.717, 1.165) is 20.8 Å². The zero-order valence-electron chi connectivity index (χ0n) is 21.0. The number of hydrogen-bond donors (Lipinski definition) is 1. The number of aromatic nitrogens is 7. The highest BCUT2D eigenvalue weighted by atomic mass is 32.1. The Morgan fingerprint density at radius 2 is 1.97 bits per heavy atom. The van der Waals surface area contributed by atoms with Crippen molar-refractivity contribution in [3.63, 3.8) is 0 Å². The van der Waals surface area contributed by atoms with Crippen LogP contribution < -0.4 is 16.0 Å². The van der Waals surface area contributed by atoms with Crippen molar-refractivity contribution in [2.75, 3.05) is 7.11 Å². The number of rotatable bonds is 6. The van der Waals surface area contributed by atoms with E-state index >= 15 is 0 Å². The first kappa shape index (κ1) is 24.5. The maximum Gasteiger partial charge on any atom is 0.335 e. The second kappa shape index (κ2) is 10.5. The zero-order valence-corrected chi connectivity index (χ0v) is 21.8. The smallest absolute Gasteiger partial charge is 0.335 e. The summed E-state index contributed by atoms with van der Waals surface area (Å²) in [4.78, 5) is 31.7. The third kappa shape index (κ3) is 5.02. The topological polar surface area (TPSA) is 121 Å². The normalized spacial score (nSPS) is 12.9. The molecule has 1 aliphatic carbocycles. The molecule has 0 spiro atoms. The lowest BCUT2D eigenvalue weighted by Crippen LogP contribution is -2.40. The van der Waals surface area contributed by atoms with Crippen LogP contribution in [0.25, 0.3) is 17.1 Å². The average Bonchev–Trinajstić information content (AvgIpc) is 3.63. The van der Waals surface area contributed by atoms with Crippen LogP contribution in [-0.4, -0.2) is 41.9 Å². The number of hydrogen-bond acceptors (Lipinski definition) is 8. The zero-order chi connectivity index (χ0) is 26.8. The van der Waals surface area contributed by atoms with Crippen molar-refractivity contribution in [1.29, 1.82) is 0 Å². The van der Waals surface area contributed by atoms with Gasteiger partial charge in [-0.2, -0.15) is 5.21 Å². The van der Waals surface area contributed by atoms with E-state index in [1.807, 2.05) is 12.1 Å². The van der Waals surface area contributed by atoms with Gasteiger partial charge in [0.15, 0.2) is 5.01 Å². The highest BCUT2D eigenvalue weighted by Crippen LogP contribution is 2.36. The molecule has 0 aliphatic heterocycles. The number of H-pyrrole nitrogens is 1. The lowest BCUT2D eigenvalue weighted by Gasteiger charge is -2.22. The van der Waals surface area contributed by atoms with Crippen molar-refractivity contribution in [3.05, 3.63) is 103 Å². The lowest BCUT2D eigenvalue weighted by atomic mass is 9.83. The predicted molar refractivity (Wildman–Crippen MR) is 146 cm³/mol. The van der Waals surface area contributed by atoms with E-state index in [-0.39, 0.29) is 17.9 Å². The van der Waals surface area contributed by atoms with Gasteiger partial charge in [0.2, 0.25) is 5.82 Å². The molecule has 11 heteroatoms. The van der Waals surface area contributed by atoms with Crippen molar-refractivity contribution in [2.24, 2.45) is 0 Å². The van der Waals surface area contributed by atoms with E-state index in [1.54, 1.807) is 54.8 Å². The second-order valence-electron chi connectivity index (χ2n) is 9.18. The minimum Gasteiger partial charge on any atom is -0.497 e. The van der Waals surface area contributed by atoms with Gasteiger partial charge in [-0.1, -0.05) is 30.5 Å². The summed E-state index contributed by atoms with van der Waals surface area (Å²) in [5, 5.41) is 16.7. The summed E-state index contributed by atoms with van der Waals surface area (Å²) in [5.74, 6) is 7.65. The van der Waals surface area contributed by atoms with E-state index < -0.39 is 11.2 Å². The molecule has 6 rings (SSSR count). The Morgan fingerprint density at radius 1 is 1.13 bits per heavy atom. The van der Waals surface area contributed by atoms with Crippen molar-refractivity contribution < 1.29 is 4.74 Å². The summed E-state index contributed by atoms with van der Waals surface area (Å²) in [7, 11) is 1.58. The van der Waals surface area contributed by atoms with Gasteiger partial charge in [-0.15, -0.1) is 21.5 Å². The summed E-state index contributed by atoms with van der Waals surface area (Å²) in [5.41, 5.74) is 2.27. The SMILES string of the molecule is COc1ccc(Cn2c(=O)c(-c3nn[nH]n3)cn(-c3cccc(C#Cc4nc(C5CCC5)cs4)c3)c2=O)cc1. The number of tetrazole rings is 1. The van der Waals surface area contributed by atoms with Crippen LogP contribution in [0, 0.1) is 11.8 Å². The molecule has 0 bridgehead atoms. The molecule has 0 atom stereocenters. The molecular formula is C28H23N7O3S. The first-order valence-corrected chi connectivity index (χ1v) is 13.3. The maximum absolute atomic E-state index is 13.6. The molecule has 1 fully saturated rings. The number of nitrogens with zero attached hydrogens (tertiary/aromatic N) is 6. The number of benzene rings is 2. The molecule has 2 aromatic carbocycles. The van der Waals surface area contributed by atoms with Crippen molar-refractivity contribution >= 4 is 11.3 Å². The second-order valence-corrected chi connectivity index (χ2v) is 10.0. The van der Waals surface area contributed by atoms with E-state index in [0.29, 0.717) is 22.9 Å². The molecule has 5 aromatic rings. The lowest BCUT2D eigenvalue weighted by molar-refractivity contribution is 0.412. The van der Waals surface area contributed by atoms with E-state index in [9.17, 15) is 9.59 Å². The molecule has 3 aromatic heterocycles. The van der Waals surface area contributed by atoms with Gasteiger partial charge in [-0.3, -0.25) is 13.9 Å². The quantitative estimate of drug-likeness (QED) is 0.330. The largest absolute Gasteiger partial charge is 0.497 e. The van der Waals surface area contributed by atoms with Gasteiger partial charge in [-0.05, 0) is 59.9 Å². The number of methoxy groups -OCH3 is 1. The third-order valence-electron chi connectivity index (χ3n) is 6.74. The summed E-state index contributed by atoms with van der Waals surface area (Å²) >= 11 is 1.55. The Hall–Kier alpha value is -4.82. The standard InChI is InChI=1S/C28H23N7O3S/c1-38-22-11-8-19(9-12-22)15-35-27(36)23(26-30-32-33-31-26)16-34(28(35)37)21-7-2-4-18(14-21)10-13-25-29-24(17-39-25)20-5-3-6-20/h2,4,7-9,11-12,14,16-17,20H,3,5-6,15H2,1H3,(H,30,31,32,33). The summed E-state index contributed by atoms with van der Waals surface area (Å²) in [6, 6.07) is 14.5. The Balaban J connectivity index is 1.39. The first-order valence-electron chi connectivity index (χ1n) is 12.4. The Morgan fingerprint density at radius 3 is 2.69 bits per heavy atom. The molecule has 0 saturated heterocycles. The Kier molecular flexibility index (Phi) is 6.61. The van der Waals surface area contributed by atoms with Crippen LogP contribution in [-0.2, 0) is 6.54 Å². The molecule has 1 saturated carbocycles. The van der Waals surface area contributed by atoms with Gasteiger partial charge < -0.3 is 4.74 Å². The molecule has 1 N–H and O–H groups in total. The molecule has 0 unspecified atom stereocenters. The fourth-order valence-corrected chi connectivity index (χ4v) is 5.11. The van der Waals surface area contributed by atoms with Crippen molar-refractivity contribution in [3.8, 4) is 34.7 Å². The summed E-state index contributed by atoms with van der Waals surface area (Å²) in [6.45, 7) is 0.0558. The van der Waals surface area contributed by atoms with E-state index in [4.69, 9.17) is 4.74 Å². The molecule has 194 valence electrons. The van der Waals surface area contributed by atoms with Gasteiger partial charge in [0.25, 0.3) is 5.56 Å². The fraction of sp³-hybridized carbons (Fsp3) is 0.214. The van der Waals surface area contributed by atoms with Crippen LogP contribution in [0.4, 0.5) is 0 Å². The van der Waals surface area contributed by atoms with Crippen LogP contribution in [0.3, 0.4) is 0 Å². The molecule has 3 heterocycles. The summed E-state index contributed by atoms with van der Waals surface area (Å²) < 4.78 is 7.77. The van der Waals surface area contributed by atoms with E-state index in [2.05, 4.69) is 42.8 Å². The minimum absolute atomic E-state index is 0.0558. The number of nitrogens with one attached hydrogen (secondary N) is 1. The molecule has 10 nitrogen and oxygen atoms in total. The molecule has 39 heavy (non-hydrogen) atoms. The number of ether oxygens (including phenoxy) is 1. The maximum atomic E-state index is 13.6. The van der Waals surface area contributed by atoms with Crippen LogP contribution in [0.5, 0.6) is 5.75 Å². The Labute approximate surface area is 227 Å². The van der Waals surface area contributed by atoms with Gasteiger partial charge >= 0.3 is 5.69 Å². The molecule has 0 radical (unpaired) electrons.